The van der Waals surface area contributed by atoms with Crippen LogP contribution in [0.15, 0.2) is 35.4 Å². The first-order valence-electron chi connectivity index (χ1n) is 8.90. The predicted molar refractivity (Wildman–Crippen MR) is 94.5 cm³/mol. The fourth-order valence-electron chi connectivity index (χ4n) is 2.37. The van der Waals surface area contributed by atoms with Gasteiger partial charge in [0.05, 0.1) is 24.0 Å². The Kier molecular flexibility index (Phi) is 3.68. The number of aromatic amines is 1. The predicted octanol–water partition coefficient (Wildman–Crippen LogP) is 0.677. The monoisotopic (exact) mass is 358 g/mol. The molecule has 134 valence electrons. The van der Waals surface area contributed by atoms with Crippen molar-refractivity contribution in [3.63, 3.8) is 0 Å². The number of aromatic nitrogens is 5. The number of anilines is 2. The van der Waals surface area contributed by atoms with Crippen molar-refractivity contribution in [3.8, 4) is 17.1 Å². The van der Waals surface area contributed by atoms with Crippen molar-refractivity contribution in [1.82, 2.24) is 30.3 Å². The van der Waals surface area contributed by atoms with Crippen molar-refractivity contribution < 1.29 is 13.6 Å². The molecule has 2 heterocycles. The molecule has 0 unspecified atom stereocenters. The summed E-state index contributed by atoms with van der Waals surface area (Å²) in [7, 11) is 3.17. The molecule has 0 bridgehead atoms. The molecule has 26 heavy (non-hydrogen) atoms. The minimum Gasteiger partial charge on any atom is -0.494 e. The maximum atomic E-state index is 12.3. The molecule has 0 fully saturated rings. The van der Waals surface area contributed by atoms with Gasteiger partial charge in [-0.2, -0.15) is 10.2 Å². The summed E-state index contributed by atoms with van der Waals surface area (Å²) in [5.74, 6) is -0.205. The lowest BCUT2D eigenvalue weighted by Gasteiger charge is -2.15. The Bertz CT molecular complexity index is 1110. The second-order valence-electron chi connectivity index (χ2n) is 5.20. The fourth-order valence-corrected chi connectivity index (χ4v) is 2.37. The largest absolute Gasteiger partial charge is 0.494 e. The summed E-state index contributed by atoms with van der Waals surface area (Å²) in [6.07, 6.45) is 1.53. The van der Waals surface area contributed by atoms with Gasteiger partial charge in [-0.05, 0) is 12.1 Å². The molecule has 3 aromatic rings. The summed E-state index contributed by atoms with van der Waals surface area (Å²) >= 11 is 0. The fraction of sp³-hybridized carbons (Fsp3) is 0.188. The van der Waals surface area contributed by atoms with Crippen LogP contribution in [0.2, 0.25) is 0 Å². The lowest BCUT2D eigenvalue weighted by Crippen LogP contribution is -2.23. The lowest BCUT2D eigenvalue weighted by atomic mass is 10.1. The third-order valence-electron chi connectivity index (χ3n) is 3.47. The molecule has 0 aliphatic carbocycles. The van der Waals surface area contributed by atoms with Crippen LogP contribution in [-0.2, 0) is 7.05 Å². The molecule has 2 aromatic heterocycles. The van der Waals surface area contributed by atoms with Crippen molar-refractivity contribution in [2.24, 2.45) is 7.05 Å². The minimum absolute atomic E-state index is 0.0000648. The number of methoxy groups -OCH3 is 1. The van der Waals surface area contributed by atoms with Gasteiger partial charge in [0.25, 0.3) is 11.5 Å². The summed E-state index contributed by atoms with van der Waals surface area (Å²) in [6, 6.07) is 6.20. The van der Waals surface area contributed by atoms with Gasteiger partial charge in [-0.25, -0.2) is 10.1 Å². The van der Waals surface area contributed by atoms with E-state index in [0.717, 1.165) is 6.07 Å². The highest BCUT2D eigenvalue weighted by atomic mass is 16.5. The molecule has 1 amide bonds. The molecule has 3 N–H and O–H groups in total. The molecule has 3 rings (SSSR count). The second kappa shape index (κ2) is 7.05. The van der Waals surface area contributed by atoms with Gasteiger partial charge in [-0.1, -0.05) is 6.07 Å². The van der Waals surface area contributed by atoms with E-state index in [1.807, 2.05) is 5.32 Å². The van der Waals surface area contributed by atoms with Gasteiger partial charge in [0.2, 0.25) is 0 Å². The summed E-state index contributed by atoms with van der Waals surface area (Å²) in [6.45, 7) is -2.71. The van der Waals surface area contributed by atoms with Crippen LogP contribution in [0.25, 0.3) is 11.4 Å². The Morgan fingerprint density at radius 1 is 1.38 bits per heavy atom. The normalized spacial score (nSPS) is 12.6. The van der Waals surface area contributed by atoms with Crippen molar-refractivity contribution in [2.75, 3.05) is 19.4 Å². The van der Waals surface area contributed by atoms with Crippen LogP contribution >= 0.6 is 0 Å². The van der Waals surface area contributed by atoms with Crippen LogP contribution in [0.5, 0.6) is 5.75 Å². The van der Waals surface area contributed by atoms with Crippen LogP contribution in [0.3, 0.4) is 0 Å². The van der Waals surface area contributed by atoms with Gasteiger partial charge in [0, 0.05) is 24.2 Å². The summed E-state index contributed by atoms with van der Waals surface area (Å²) < 4.78 is 28.5. The van der Waals surface area contributed by atoms with E-state index in [9.17, 15) is 9.59 Å². The molecule has 0 aliphatic heterocycles. The molecule has 0 saturated carbocycles. The first-order chi connectivity index (χ1) is 13.7. The molecule has 1 aromatic carbocycles. The SMILES string of the molecule is [2H]C([2H])([2H])NC(=O)c1n[nH]c(=O)cc1Nc1cccc(-c2ncn(C)n2)c1OC. The van der Waals surface area contributed by atoms with Crippen LogP contribution in [0.4, 0.5) is 11.4 Å². The number of aryl methyl sites for hydroxylation is 1. The number of benzene rings is 1. The van der Waals surface area contributed by atoms with E-state index in [0.29, 0.717) is 22.8 Å². The Hall–Kier alpha value is -3.69. The van der Waals surface area contributed by atoms with E-state index < -0.39 is 18.4 Å². The van der Waals surface area contributed by atoms with Crippen molar-refractivity contribution >= 4 is 17.3 Å². The van der Waals surface area contributed by atoms with Crippen LogP contribution in [0, 0.1) is 0 Å². The smallest absolute Gasteiger partial charge is 0.273 e. The summed E-state index contributed by atoms with van der Waals surface area (Å²) in [4.78, 5) is 28.2. The highest BCUT2D eigenvalue weighted by Gasteiger charge is 2.18. The second-order valence-corrected chi connectivity index (χ2v) is 5.20. The van der Waals surface area contributed by atoms with Gasteiger partial charge in [-0.15, -0.1) is 0 Å². The third kappa shape index (κ3) is 3.24. The molecule has 10 heteroatoms. The van der Waals surface area contributed by atoms with E-state index in [2.05, 4.69) is 25.6 Å². The number of H-pyrrole nitrogens is 1. The molecule has 0 radical (unpaired) electrons. The molecule has 0 saturated heterocycles. The number of hydrogen-bond acceptors (Lipinski definition) is 7. The quantitative estimate of drug-likeness (QED) is 0.612. The standard InChI is InChI=1S/C16H17N7O3/c1-17-16(25)13-11(7-12(24)20-21-13)19-10-6-4-5-9(14(10)26-3)15-18-8-23(2)22-15/h4-8H,1-3H3,(H,17,25)(H2,19,20,24)/i1D3. The molecule has 0 atom stereocenters. The number of nitrogens with one attached hydrogen (secondary N) is 3. The number of carbonyl (C=O) groups excluding carboxylic acids is 1. The van der Waals surface area contributed by atoms with Crippen LogP contribution < -0.4 is 20.9 Å². The number of nitrogens with zero attached hydrogens (tertiary/aromatic N) is 4. The van der Waals surface area contributed by atoms with E-state index >= 15 is 0 Å². The Balaban J connectivity index is 2.03. The van der Waals surface area contributed by atoms with Crippen molar-refractivity contribution in [2.45, 2.75) is 0 Å². The van der Waals surface area contributed by atoms with E-state index in [1.165, 1.54) is 18.1 Å². The van der Waals surface area contributed by atoms with Gasteiger partial charge in [0.15, 0.2) is 17.3 Å². The molecule has 0 spiro atoms. The average molecular weight is 358 g/mol. The number of amides is 1. The average Bonchev–Trinajstić information content (AvgIpc) is 3.06. The zero-order chi connectivity index (χ0) is 21.2. The van der Waals surface area contributed by atoms with E-state index in [-0.39, 0.29) is 11.4 Å². The van der Waals surface area contributed by atoms with Crippen LogP contribution in [-0.4, -0.2) is 45.0 Å². The number of carbonyl (C=O) groups is 1. The minimum atomic E-state index is -2.71. The van der Waals surface area contributed by atoms with Gasteiger partial charge < -0.3 is 15.4 Å². The van der Waals surface area contributed by atoms with E-state index in [1.54, 1.807) is 25.2 Å². The van der Waals surface area contributed by atoms with Gasteiger partial charge in [-0.3, -0.25) is 14.3 Å². The van der Waals surface area contributed by atoms with Crippen molar-refractivity contribution in [3.05, 3.63) is 46.6 Å². The van der Waals surface area contributed by atoms with E-state index in [4.69, 9.17) is 8.85 Å². The maximum Gasteiger partial charge on any atom is 0.273 e. The molecule has 10 nitrogen and oxygen atoms in total. The third-order valence-corrected chi connectivity index (χ3v) is 3.47. The Morgan fingerprint density at radius 2 is 2.23 bits per heavy atom. The first-order valence-corrected chi connectivity index (χ1v) is 7.40. The Morgan fingerprint density at radius 3 is 2.92 bits per heavy atom. The van der Waals surface area contributed by atoms with Gasteiger partial charge in [0.1, 0.15) is 6.33 Å². The lowest BCUT2D eigenvalue weighted by molar-refractivity contribution is 0.0958. The number of ether oxygens (including phenoxy) is 1. The van der Waals surface area contributed by atoms with Gasteiger partial charge >= 0.3 is 0 Å². The number of hydrogen-bond donors (Lipinski definition) is 3. The Labute approximate surface area is 152 Å². The molecular weight excluding hydrogens is 338 g/mol. The number of para-hydroxylation sites is 1. The highest BCUT2D eigenvalue weighted by Crippen LogP contribution is 2.36. The zero-order valence-corrected chi connectivity index (χ0v) is 13.9. The van der Waals surface area contributed by atoms with Crippen LogP contribution in [0.1, 0.15) is 14.6 Å². The maximum absolute atomic E-state index is 12.3. The highest BCUT2D eigenvalue weighted by molar-refractivity contribution is 5.98. The molecular formula is C16H17N7O3. The topological polar surface area (TPSA) is 127 Å². The zero-order valence-electron chi connectivity index (χ0n) is 16.9. The summed E-state index contributed by atoms with van der Waals surface area (Å²) in [5.41, 5.74) is 0.0840. The number of rotatable bonds is 5. The summed E-state index contributed by atoms with van der Waals surface area (Å²) in [5, 5.41) is 14.8. The first kappa shape index (κ1) is 13.6. The van der Waals surface area contributed by atoms with Crippen molar-refractivity contribution in [1.29, 1.82) is 0 Å². The molecule has 0 aliphatic rings.